The van der Waals surface area contributed by atoms with Gasteiger partial charge in [-0.05, 0) is 25.2 Å². The van der Waals surface area contributed by atoms with E-state index in [0.717, 1.165) is 19.6 Å². The molecule has 1 amide bonds. The molecule has 0 aliphatic heterocycles. The lowest BCUT2D eigenvalue weighted by Gasteiger charge is -2.08. The highest BCUT2D eigenvalue weighted by molar-refractivity contribution is 5.76. The van der Waals surface area contributed by atoms with Crippen molar-refractivity contribution in [2.24, 2.45) is 5.92 Å². The van der Waals surface area contributed by atoms with Crippen LogP contribution < -0.4 is 10.6 Å². The molecule has 1 rings (SSSR count). The van der Waals surface area contributed by atoms with Crippen LogP contribution in [0.25, 0.3) is 0 Å². The average molecular weight is 242 g/mol. The molecule has 1 saturated carbocycles. The van der Waals surface area contributed by atoms with E-state index in [4.69, 9.17) is 4.74 Å². The van der Waals surface area contributed by atoms with Crippen molar-refractivity contribution >= 4 is 5.91 Å². The van der Waals surface area contributed by atoms with Crippen LogP contribution in [0.15, 0.2) is 0 Å². The van der Waals surface area contributed by atoms with Gasteiger partial charge >= 0.3 is 0 Å². The minimum Gasteiger partial charge on any atom is -0.380 e. The van der Waals surface area contributed by atoms with E-state index in [2.05, 4.69) is 24.5 Å². The standard InChI is InChI=1S/C13H26N2O2/c1-11(2)6-9-17-10-8-15-13(16)5-7-14-12-3-4-12/h11-12,14H,3-10H2,1-2H3,(H,15,16). The normalized spacial score (nSPS) is 15.2. The average Bonchev–Trinajstić information content (AvgIpc) is 3.06. The van der Waals surface area contributed by atoms with Crippen LogP contribution in [0.5, 0.6) is 0 Å². The quantitative estimate of drug-likeness (QED) is 0.568. The van der Waals surface area contributed by atoms with Gasteiger partial charge in [0.2, 0.25) is 5.91 Å². The van der Waals surface area contributed by atoms with Crippen LogP contribution in [0.2, 0.25) is 0 Å². The number of carbonyl (C=O) groups is 1. The predicted molar refractivity (Wildman–Crippen MR) is 68.9 cm³/mol. The largest absolute Gasteiger partial charge is 0.380 e. The number of carbonyl (C=O) groups excluding carboxylic acids is 1. The van der Waals surface area contributed by atoms with Crippen molar-refractivity contribution in [2.75, 3.05) is 26.3 Å². The summed E-state index contributed by atoms with van der Waals surface area (Å²) in [6.45, 7) is 7.19. The molecule has 0 spiro atoms. The Morgan fingerprint density at radius 1 is 1.29 bits per heavy atom. The van der Waals surface area contributed by atoms with Crippen molar-refractivity contribution in [1.29, 1.82) is 0 Å². The summed E-state index contributed by atoms with van der Waals surface area (Å²) in [5.74, 6) is 0.795. The SMILES string of the molecule is CC(C)CCOCCNC(=O)CCNC1CC1. The summed E-state index contributed by atoms with van der Waals surface area (Å²) in [6, 6.07) is 0.683. The van der Waals surface area contributed by atoms with Gasteiger partial charge in [-0.1, -0.05) is 13.8 Å². The summed E-state index contributed by atoms with van der Waals surface area (Å²) in [6.07, 6.45) is 4.19. The van der Waals surface area contributed by atoms with E-state index in [1.54, 1.807) is 0 Å². The first-order valence-corrected chi connectivity index (χ1v) is 6.76. The van der Waals surface area contributed by atoms with Gasteiger partial charge in [0.25, 0.3) is 0 Å². The molecule has 0 heterocycles. The number of hydrogen-bond donors (Lipinski definition) is 2. The Bertz CT molecular complexity index is 215. The Hall–Kier alpha value is -0.610. The van der Waals surface area contributed by atoms with Crippen LogP contribution >= 0.6 is 0 Å². The molecule has 1 aliphatic carbocycles. The molecule has 17 heavy (non-hydrogen) atoms. The number of hydrogen-bond acceptors (Lipinski definition) is 3. The van der Waals surface area contributed by atoms with E-state index in [9.17, 15) is 4.79 Å². The van der Waals surface area contributed by atoms with Crippen molar-refractivity contribution in [1.82, 2.24) is 10.6 Å². The lowest BCUT2D eigenvalue weighted by Crippen LogP contribution is -2.30. The van der Waals surface area contributed by atoms with E-state index in [0.29, 0.717) is 31.5 Å². The van der Waals surface area contributed by atoms with Crippen molar-refractivity contribution in [3.05, 3.63) is 0 Å². The second-order valence-electron chi connectivity index (χ2n) is 5.12. The Labute approximate surface area is 104 Å². The summed E-state index contributed by atoms with van der Waals surface area (Å²) in [4.78, 5) is 11.4. The molecule has 2 N–H and O–H groups in total. The highest BCUT2D eigenvalue weighted by Gasteiger charge is 2.19. The maximum Gasteiger partial charge on any atom is 0.221 e. The molecule has 1 aliphatic rings. The second kappa shape index (κ2) is 8.48. The fraction of sp³-hybridized carbons (Fsp3) is 0.923. The van der Waals surface area contributed by atoms with Gasteiger partial charge in [0, 0.05) is 32.2 Å². The highest BCUT2D eigenvalue weighted by Crippen LogP contribution is 2.18. The van der Waals surface area contributed by atoms with Crippen molar-refractivity contribution in [2.45, 2.75) is 45.6 Å². The second-order valence-corrected chi connectivity index (χ2v) is 5.12. The van der Waals surface area contributed by atoms with Gasteiger partial charge in [0.1, 0.15) is 0 Å². The van der Waals surface area contributed by atoms with Crippen molar-refractivity contribution < 1.29 is 9.53 Å². The van der Waals surface area contributed by atoms with Gasteiger partial charge in [-0.15, -0.1) is 0 Å². The van der Waals surface area contributed by atoms with E-state index in [1.807, 2.05) is 0 Å². The van der Waals surface area contributed by atoms with Gasteiger partial charge in [0.15, 0.2) is 0 Å². The smallest absolute Gasteiger partial charge is 0.221 e. The van der Waals surface area contributed by atoms with Gasteiger partial charge in [-0.25, -0.2) is 0 Å². The van der Waals surface area contributed by atoms with Gasteiger partial charge in [0.05, 0.1) is 6.61 Å². The number of nitrogens with one attached hydrogen (secondary N) is 2. The molecule has 0 atom stereocenters. The molecule has 4 heteroatoms. The number of ether oxygens (including phenoxy) is 1. The predicted octanol–water partition coefficient (Wildman–Crippen LogP) is 1.31. The molecular weight excluding hydrogens is 216 g/mol. The third-order valence-corrected chi connectivity index (χ3v) is 2.77. The molecule has 0 saturated heterocycles. The van der Waals surface area contributed by atoms with Crippen LogP contribution in [0.3, 0.4) is 0 Å². The Kier molecular flexibility index (Phi) is 7.21. The molecule has 100 valence electrons. The molecule has 0 bridgehead atoms. The van der Waals surface area contributed by atoms with E-state index < -0.39 is 0 Å². The maximum atomic E-state index is 11.4. The molecule has 0 unspecified atom stereocenters. The summed E-state index contributed by atoms with van der Waals surface area (Å²) in [5.41, 5.74) is 0. The Balaban J connectivity index is 1.79. The summed E-state index contributed by atoms with van der Waals surface area (Å²) in [5, 5.41) is 6.18. The van der Waals surface area contributed by atoms with Gasteiger partial charge in [-0.2, -0.15) is 0 Å². The summed E-state index contributed by atoms with van der Waals surface area (Å²) in [7, 11) is 0. The summed E-state index contributed by atoms with van der Waals surface area (Å²) < 4.78 is 5.42. The van der Waals surface area contributed by atoms with Crippen LogP contribution in [-0.2, 0) is 9.53 Å². The van der Waals surface area contributed by atoms with Crippen LogP contribution in [0.4, 0.5) is 0 Å². The Morgan fingerprint density at radius 3 is 2.71 bits per heavy atom. The van der Waals surface area contributed by atoms with Crippen LogP contribution in [-0.4, -0.2) is 38.3 Å². The molecule has 1 fully saturated rings. The Morgan fingerprint density at radius 2 is 2.06 bits per heavy atom. The minimum absolute atomic E-state index is 0.116. The molecule has 4 nitrogen and oxygen atoms in total. The van der Waals surface area contributed by atoms with E-state index in [1.165, 1.54) is 12.8 Å². The van der Waals surface area contributed by atoms with Crippen molar-refractivity contribution in [3.8, 4) is 0 Å². The lowest BCUT2D eigenvalue weighted by atomic mass is 10.1. The molecule has 0 aromatic rings. The van der Waals surface area contributed by atoms with E-state index in [-0.39, 0.29) is 5.91 Å². The fourth-order valence-electron chi connectivity index (χ4n) is 1.45. The fourth-order valence-corrected chi connectivity index (χ4v) is 1.45. The van der Waals surface area contributed by atoms with Gasteiger partial charge < -0.3 is 15.4 Å². The number of amides is 1. The molecule has 0 aromatic carbocycles. The van der Waals surface area contributed by atoms with Crippen LogP contribution in [0.1, 0.15) is 39.5 Å². The number of rotatable bonds is 10. The third kappa shape index (κ3) is 9.12. The topological polar surface area (TPSA) is 50.4 Å². The zero-order chi connectivity index (χ0) is 12.5. The molecule has 0 radical (unpaired) electrons. The maximum absolute atomic E-state index is 11.4. The van der Waals surface area contributed by atoms with Crippen LogP contribution in [0, 0.1) is 5.92 Å². The lowest BCUT2D eigenvalue weighted by molar-refractivity contribution is -0.121. The van der Waals surface area contributed by atoms with Crippen molar-refractivity contribution in [3.63, 3.8) is 0 Å². The minimum atomic E-state index is 0.116. The molecule has 0 aromatic heterocycles. The zero-order valence-electron chi connectivity index (χ0n) is 11.1. The monoisotopic (exact) mass is 242 g/mol. The first-order chi connectivity index (χ1) is 8.18. The molecular formula is C13H26N2O2. The first kappa shape index (κ1) is 14.5. The third-order valence-electron chi connectivity index (χ3n) is 2.77. The van der Waals surface area contributed by atoms with Gasteiger partial charge in [-0.3, -0.25) is 4.79 Å². The summed E-state index contributed by atoms with van der Waals surface area (Å²) >= 11 is 0. The zero-order valence-corrected chi connectivity index (χ0v) is 11.1. The van der Waals surface area contributed by atoms with E-state index >= 15 is 0 Å². The first-order valence-electron chi connectivity index (χ1n) is 6.76. The highest BCUT2D eigenvalue weighted by atomic mass is 16.5.